The fourth-order valence-corrected chi connectivity index (χ4v) is 3.75. The molecule has 3 heterocycles. The lowest BCUT2D eigenvalue weighted by molar-refractivity contribution is 0.0728. The third-order valence-electron chi connectivity index (χ3n) is 4.12. The molecule has 5 nitrogen and oxygen atoms in total. The quantitative estimate of drug-likeness (QED) is 0.722. The Hall–Kier alpha value is -2.73. The predicted molar refractivity (Wildman–Crippen MR) is 92.6 cm³/mol. The van der Waals surface area contributed by atoms with Gasteiger partial charge in [0.25, 0.3) is 11.5 Å². The van der Waals surface area contributed by atoms with Gasteiger partial charge in [-0.2, -0.15) is 9.78 Å². The van der Waals surface area contributed by atoms with Gasteiger partial charge in [-0.15, -0.1) is 11.3 Å². The first-order valence-corrected chi connectivity index (χ1v) is 8.61. The zero-order valence-corrected chi connectivity index (χ0v) is 13.7. The van der Waals surface area contributed by atoms with Crippen molar-refractivity contribution in [2.75, 3.05) is 6.54 Å². The summed E-state index contributed by atoms with van der Waals surface area (Å²) in [6.07, 6.45) is 0.872. The van der Waals surface area contributed by atoms with Crippen molar-refractivity contribution >= 4 is 17.2 Å². The van der Waals surface area contributed by atoms with Crippen molar-refractivity contribution in [1.29, 1.82) is 0 Å². The molecular formula is C18H15N3O2S. The number of hydrogen-bond donors (Lipinski definition) is 0. The topological polar surface area (TPSA) is 55.2 Å². The van der Waals surface area contributed by atoms with Crippen LogP contribution >= 0.6 is 11.3 Å². The number of rotatable bonds is 2. The van der Waals surface area contributed by atoms with Gasteiger partial charge >= 0.3 is 0 Å². The molecule has 0 spiro atoms. The van der Waals surface area contributed by atoms with E-state index in [1.54, 1.807) is 28.4 Å². The molecule has 0 bridgehead atoms. The van der Waals surface area contributed by atoms with Crippen LogP contribution in [0.2, 0.25) is 0 Å². The molecule has 0 saturated heterocycles. The van der Waals surface area contributed by atoms with E-state index in [4.69, 9.17) is 0 Å². The van der Waals surface area contributed by atoms with E-state index in [0.29, 0.717) is 18.8 Å². The highest BCUT2D eigenvalue weighted by atomic mass is 32.1. The van der Waals surface area contributed by atoms with Crippen LogP contribution in [-0.2, 0) is 13.0 Å². The van der Waals surface area contributed by atoms with Crippen molar-refractivity contribution in [2.24, 2.45) is 0 Å². The zero-order chi connectivity index (χ0) is 16.5. The fraction of sp³-hybridized carbons (Fsp3) is 0.167. The SMILES string of the molecule is O=C(c1ccc(=O)n(-c2ccccc2)n1)N1CCc2sccc2C1. The Morgan fingerprint density at radius 1 is 1.08 bits per heavy atom. The van der Waals surface area contributed by atoms with Crippen LogP contribution < -0.4 is 5.56 Å². The first-order valence-electron chi connectivity index (χ1n) is 7.73. The van der Waals surface area contributed by atoms with E-state index in [1.165, 1.54) is 27.3 Å². The Bertz CT molecular complexity index is 946. The summed E-state index contributed by atoms with van der Waals surface area (Å²) in [5, 5.41) is 6.34. The Labute approximate surface area is 142 Å². The van der Waals surface area contributed by atoms with Crippen molar-refractivity contribution in [1.82, 2.24) is 14.7 Å². The highest BCUT2D eigenvalue weighted by Crippen LogP contribution is 2.24. The lowest BCUT2D eigenvalue weighted by Gasteiger charge is -2.26. The molecule has 6 heteroatoms. The second-order valence-electron chi connectivity index (χ2n) is 5.65. The lowest BCUT2D eigenvalue weighted by atomic mass is 10.1. The third-order valence-corrected chi connectivity index (χ3v) is 5.14. The Kier molecular flexibility index (Phi) is 3.74. The smallest absolute Gasteiger partial charge is 0.274 e. The van der Waals surface area contributed by atoms with Crippen LogP contribution in [0.3, 0.4) is 0 Å². The Morgan fingerprint density at radius 3 is 2.75 bits per heavy atom. The van der Waals surface area contributed by atoms with Gasteiger partial charge in [0.05, 0.1) is 5.69 Å². The number of nitrogens with zero attached hydrogens (tertiary/aromatic N) is 3. The van der Waals surface area contributed by atoms with Gasteiger partial charge in [-0.1, -0.05) is 18.2 Å². The summed E-state index contributed by atoms with van der Waals surface area (Å²) in [4.78, 5) is 28.0. The van der Waals surface area contributed by atoms with Crippen LogP contribution in [0.1, 0.15) is 20.9 Å². The number of carbonyl (C=O) groups excluding carboxylic acids is 1. The first kappa shape index (κ1) is 14.8. The predicted octanol–water partition coefficient (Wildman–Crippen LogP) is 2.49. The van der Waals surface area contributed by atoms with Crippen LogP contribution in [0, 0.1) is 0 Å². The lowest BCUT2D eigenvalue weighted by Crippen LogP contribution is -2.37. The van der Waals surface area contributed by atoms with Gasteiger partial charge < -0.3 is 4.90 Å². The molecule has 120 valence electrons. The van der Waals surface area contributed by atoms with Crippen LogP contribution in [0.25, 0.3) is 5.69 Å². The summed E-state index contributed by atoms with van der Waals surface area (Å²) in [6.45, 7) is 1.28. The largest absolute Gasteiger partial charge is 0.333 e. The minimum Gasteiger partial charge on any atom is -0.333 e. The van der Waals surface area contributed by atoms with Gasteiger partial charge in [-0.05, 0) is 41.6 Å². The average molecular weight is 337 g/mol. The third kappa shape index (κ3) is 2.65. The van der Waals surface area contributed by atoms with E-state index in [0.717, 1.165) is 6.42 Å². The molecule has 2 aromatic heterocycles. The normalized spacial score (nSPS) is 13.6. The number of hydrogen-bond acceptors (Lipinski definition) is 4. The molecule has 1 aliphatic heterocycles. The summed E-state index contributed by atoms with van der Waals surface area (Å²) < 4.78 is 1.27. The molecule has 4 rings (SSSR count). The number of fused-ring (bicyclic) bond motifs is 1. The second-order valence-corrected chi connectivity index (χ2v) is 6.65. The van der Waals surface area contributed by atoms with E-state index in [9.17, 15) is 9.59 Å². The van der Waals surface area contributed by atoms with Gasteiger partial charge in [-0.25, -0.2) is 0 Å². The maximum absolute atomic E-state index is 12.8. The summed E-state index contributed by atoms with van der Waals surface area (Å²) in [7, 11) is 0. The first-order chi connectivity index (χ1) is 11.7. The number of carbonyl (C=O) groups is 1. The number of amides is 1. The molecule has 3 aromatic rings. The summed E-state index contributed by atoms with van der Waals surface area (Å²) in [6, 6.07) is 14.1. The molecule has 0 fully saturated rings. The molecule has 1 aliphatic rings. The summed E-state index contributed by atoms with van der Waals surface area (Å²) >= 11 is 1.74. The number of para-hydroxylation sites is 1. The van der Waals surface area contributed by atoms with Crippen molar-refractivity contribution in [2.45, 2.75) is 13.0 Å². The molecule has 24 heavy (non-hydrogen) atoms. The Morgan fingerprint density at radius 2 is 1.92 bits per heavy atom. The molecule has 0 saturated carbocycles. The van der Waals surface area contributed by atoms with Gasteiger partial charge in [0.15, 0.2) is 0 Å². The van der Waals surface area contributed by atoms with Crippen LogP contribution in [0.4, 0.5) is 0 Å². The van der Waals surface area contributed by atoms with E-state index in [2.05, 4.69) is 16.5 Å². The summed E-state index contributed by atoms with van der Waals surface area (Å²) in [5.41, 5.74) is 1.89. The zero-order valence-electron chi connectivity index (χ0n) is 12.9. The van der Waals surface area contributed by atoms with E-state index >= 15 is 0 Å². The molecule has 0 atom stereocenters. The Balaban J connectivity index is 1.65. The number of thiophene rings is 1. The van der Waals surface area contributed by atoms with Gasteiger partial charge in [0.1, 0.15) is 5.69 Å². The maximum Gasteiger partial charge on any atom is 0.274 e. The minimum absolute atomic E-state index is 0.142. The highest BCUT2D eigenvalue weighted by molar-refractivity contribution is 7.10. The molecule has 0 aliphatic carbocycles. The van der Waals surface area contributed by atoms with E-state index in [-0.39, 0.29) is 17.2 Å². The highest BCUT2D eigenvalue weighted by Gasteiger charge is 2.23. The van der Waals surface area contributed by atoms with Crippen molar-refractivity contribution in [3.63, 3.8) is 0 Å². The standard InChI is InChI=1S/C18H15N3O2S/c22-17-7-6-15(19-21(17)14-4-2-1-3-5-14)18(23)20-10-8-16-13(12-20)9-11-24-16/h1-7,9,11H,8,10,12H2. The van der Waals surface area contributed by atoms with Crippen molar-refractivity contribution < 1.29 is 4.79 Å². The summed E-state index contributed by atoms with van der Waals surface area (Å²) in [5.74, 6) is -0.142. The van der Waals surface area contributed by atoms with E-state index in [1.807, 2.05) is 18.2 Å². The molecule has 0 unspecified atom stereocenters. The van der Waals surface area contributed by atoms with Gasteiger partial charge in [0, 0.05) is 24.0 Å². The van der Waals surface area contributed by atoms with E-state index < -0.39 is 0 Å². The maximum atomic E-state index is 12.8. The van der Waals surface area contributed by atoms with Crippen LogP contribution in [0.5, 0.6) is 0 Å². The second kappa shape index (κ2) is 6.05. The number of benzene rings is 1. The van der Waals surface area contributed by atoms with Gasteiger partial charge in [-0.3, -0.25) is 9.59 Å². The monoisotopic (exact) mass is 337 g/mol. The minimum atomic E-state index is -0.253. The number of aromatic nitrogens is 2. The molecule has 1 amide bonds. The fourth-order valence-electron chi connectivity index (χ4n) is 2.86. The molecule has 1 aromatic carbocycles. The molecular weight excluding hydrogens is 322 g/mol. The average Bonchev–Trinajstić information content (AvgIpc) is 3.10. The van der Waals surface area contributed by atoms with Crippen LogP contribution in [-0.4, -0.2) is 27.1 Å². The van der Waals surface area contributed by atoms with Gasteiger partial charge in [0.2, 0.25) is 0 Å². The molecule has 0 N–H and O–H groups in total. The molecule has 0 radical (unpaired) electrons. The van der Waals surface area contributed by atoms with Crippen LogP contribution in [0.15, 0.2) is 58.7 Å². The van der Waals surface area contributed by atoms with Crippen molar-refractivity contribution in [3.8, 4) is 5.69 Å². The van der Waals surface area contributed by atoms with Crippen molar-refractivity contribution in [3.05, 3.63) is 80.4 Å².